The first kappa shape index (κ1) is 12.4. The first-order chi connectivity index (χ1) is 8.03. The molecule has 1 N–H and O–H groups in total. The molecule has 1 fully saturated rings. The molecule has 1 saturated heterocycles. The fraction of sp³-hybridized carbons (Fsp3) is 0.571. The van der Waals surface area contributed by atoms with E-state index in [1.54, 1.807) is 0 Å². The van der Waals surface area contributed by atoms with Crippen molar-refractivity contribution < 1.29 is 9.50 Å². The van der Waals surface area contributed by atoms with Crippen molar-refractivity contribution in [3.8, 4) is 0 Å². The van der Waals surface area contributed by atoms with Gasteiger partial charge in [0.25, 0.3) is 0 Å². The average Bonchev–Trinajstić information content (AvgIpc) is 2.30. The van der Waals surface area contributed by atoms with Gasteiger partial charge >= 0.3 is 0 Å². The molecule has 94 valence electrons. The second-order valence-corrected chi connectivity index (χ2v) is 5.54. The first-order valence-corrected chi connectivity index (χ1v) is 6.14. The maximum Gasteiger partial charge on any atom is 0.123 e. The molecule has 1 unspecified atom stereocenters. The Labute approximate surface area is 102 Å². The highest BCUT2D eigenvalue weighted by atomic mass is 19.1. The number of hydrogen-bond acceptors (Lipinski definition) is 2. The molecule has 2 rings (SSSR count). The Hall–Kier alpha value is -1.09. The summed E-state index contributed by atoms with van der Waals surface area (Å²) in [6, 6.07) is 6.59. The van der Waals surface area contributed by atoms with Crippen LogP contribution in [0.5, 0.6) is 0 Å². The Kier molecular flexibility index (Phi) is 3.38. The van der Waals surface area contributed by atoms with Crippen molar-refractivity contribution in [1.29, 1.82) is 0 Å². The molecule has 17 heavy (non-hydrogen) atoms. The van der Waals surface area contributed by atoms with E-state index in [1.807, 2.05) is 12.1 Å². The molecule has 1 aliphatic heterocycles. The van der Waals surface area contributed by atoms with Gasteiger partial charge in [-0.2, -0.15) is 0 Å². The third kappa shape index (κ3) is 2.60. The van der Waals surface area contributed by atoms with Crippen molar-refractivity contribution in [2.75, 3.05) is 24.6 Å². The quantitative estimate of drug-likeness (QED) is 0.854. The molecule has 0 spiro atoms. The van der Waals surface area contributed by atoms with Gasteiger partial charge in [0.15, 0.2) is 0 Å². The van der Waals surface area contributed by atoms with Gasteiger partial charge in [-0.15, -0.1) is 0 Å². The van der Waals surface area contributed by atoms with E-state index in [1.165, 1.54) is 12.1 Å². The van der Waals surface area contributed by atoms with Gasteiger partial charge in [0.1, 0.15) is 5.82 Å². The lowest BCUT2D eigenvalue weighted by molar-refractivity contribution is 0.0967. The number of anilines is 1. The van der Waals surface area contributed by atoms with Crippen molar-refractivity contribution in [1.82, 2.24) is 0 Å². The van der Waals surface area contributed by atoms with Crippen LogP contribution in [-0.2, 0) is 0 Å². The predicted octanol–water partition coefficient (Wildman–Crippen LogP) is 2.67. The van der Waals surface area contributed by atoms with Gasteiger partial charge in [-0.3, -0.25) is 0 Å². The van der Waals surface area contributed by atoms with E-state index >= 15 is 0 Å². The Morgan fingerprint density at radius 1 is 1.35 bits per heavy atom. The van der Waals surface area contributed by atoms with Crippen LogP contribution in [0.4, 0.5) is 10.1 Å². The molecule has 1 atom stereocenters. The molecule has 0 saturated carbocycles. The fourth-order valence-corrected chi connectivity index (χ4v) is 2.42. The van der Waals surface area contributed by atoms with Crippen LogP contribution in [-0.4, -0.2) is 24.8 Å². The normalized spacial score (nSPS) is 23.8. The zero-order valence-corrected chi connectivity index (χ0v) is 10.5. The lowest BCUT2D eigenvalue weighted by atomic mass is 9.73. The largest absolute Gasteiger partial charge is 0.396 e. The number of benzene rings is 1. The van der Waals surface area contributed by atoms with Crippen LogP contribution < -0.4 is 4.90 Å². The maximum atomic E-state index is 12.9. The van der Waals surface area contributed by atoms with E-state index in [-0.39, 0.29) is 23.8 Å². The van der Waals surface area contributed by atoms with Crippen molar-refractivity contribution in [3.63, 3.8) is 0 Å². The van der Waals surface area contributed by atoms with Gasteiger partial charge < -0.3 is 10.0 Å². The summed E-state index contributed by atoms with van der Waals surface area (Å²) in [5.74, 6) is 0.0751. The van der Waals surface area contributed by atoms with E-state index in [0.717, 1.165) is 25.2 Å². The summed E-state index contributed by atoms with van der Waals surface area (Å²) in [6.07, 6.45) is 1.05. The van der Waals surface area contributed by atoms with E-state index in [0.29, 0.717) is 0 Å². The molecular formula is C14H20FNO. The highest BCUT2D eigenvalue weighted by molar-refractivity contribution is 5.46. The number of aliphatic hydroxyl groups excluding tert-OH is 1. The second-order valence-electron chi connectivity index (χ2n) is 5.54. The number of piperidine rings is 1. The number of aliphatic hydroxyl groups is 1. The van der Waals surface area contributed by atoms with Crippen LogP contribution in [0, 0.1) is 17.2 Å². The Morgan fingerprint density at radius 2 is 2.00 bits per heavy atom. The predicted molar refractivity (Wildman–Crippen MR) is 67.6 cm³/mol. The monoisotopic (exact) mass is 237 g/mol. The highest BCUT2D eigenvalue weighted by Gasteiger charge is 2.34. The van der Waals surface area contributed by atoms with Crippen LogP contribution in [0.1, 0.15) is 20.3 Å². The van der Waals surface area contributed by atoms with E-state index in [4.69, 9.17) is 0 Å². The Bertz CT molecular complexity index is 374. The first-order valence-electron chi connectivity index (χ1n) is 6.14. The van der Waals surface area contributed by atoms with Crippen molar-refractivity contribution in [2.45, 2.75) is 20.3 Å². The highest BCUT2D eigenvalue weighted by Crippen LogP contribution is 2.36. The van der Waals surface area contributed by atoms with Crippen LogP contribution in [0.15, 0.2) is 24.3 Å². The summed E-state index contributed by atoms with van der Waals surface area (Å²) in [5.41, 5.74) is 1.23. The van der Waals surface area contributed by atoms with Gasteiger partial charge in [0.2, 0.25) is 0 Å². The zero-order chi connectivity index (χ0) is 12.5. The van der Waals surface area contributed by atoms with E-state index in [9.17, 15) is 9.50 Å². The molecule has 1 aromatic rings. The van der Waals surface area contributed by atoms with Gasteiger partial charge in [-0.05, 0) is 36.1 Å². The molecule has 1 aromatic carbocycles. The average molecular weight is 237 g/mol. The summed E-state index contributed by atoms with van der Waals surface area (Å²) in [7, 11) is 0. The standard InChI is InChI=1S/C14H20FNO/c1-14(2)7-8-16(9-11(14)10-17)13-5-3-12(15)4-6-13/h3-6,11,17H,7-10H2,1-2H3. The summed E-state index contributed by atoms with van der Waals surface area (Å²) < 4.78 is 12.9. The van der Waals surface area contributed by atoms with Crippen LogP contribution in [0.2, 0.25) is 0 Å². The molecule has 0 amide bonds. The molecule has 2 nitrogen and oxygen atoms in total. The lowest BCUT2D eigenvalue weighted by Crippen LogP contribution is -2.46. The minimum atomic E-state index is -0.204. The van der Waals surface area contributed by atoms with Gasteiger partial charge in [0, 0.05) is 31.3 Å². The minimum Gasteiger partial charge on any atom is -0.396 e. The van der Waals surface area contributed by atoms with Crippen LogP contribution >= 0.6 is 0 Å². The molecule has 0 aromatic heterocycles. The molecule has 1 heterocycles. The smallest absolute Gasteiger partial charge is 0.123 e. The third-order valence-corrected chi connectivity index (χ3v) is 3.98. The van der Waals surface area contributed by atoms with Crippen molar-refractivity contribution >= 4 is 5.69 Å². The second kappa shape index (κ2) is 4.65. The molecule has 0 bridgehead atoms. The SMILES string of the molecule is CC1(C)CCN(c2ccc(F)cc2)CC1CO. The van der Waals surface area contributed by atoms with E-state index in [2.05, 4.69) is 18.7 Å². The minimum absolute atomic E-state index is 0.186. The van der Waals surface area contributed by atoms with Gasteiger partial charge in [0.05, 0.1) is 0 Å². The summed E-state index contributed by atoms with van der Waals surface area (Å²) in [5, 5.41) is 9.45. The zero-order valence-electron chi connectivity index (χ0n) is 10.5. The lowest BCUT2D eigenvalue weighted by Gasteiger charge is -2.44. The van der Waals surface area contributed by atoms with Gasteiger partial charge in [-0.1, -0.05) is 13.8 Å². The number of nitrogens with zero attached hydrogens (tertiary/aromatic N) is 1. The summed E-state index contributed by atoms with van der Waals surface area (Å²) in [4.78, 5) is 2.23. The van der Waals surface area contributed by atoms with Crippen LogP contribution in [0.3, 0.4) is 0 Å². The van der Waals surface area contributed by atoms with Crippen molar-refractivity contribution in [3.05, 3.63) is 30.1 Å². The molecule has 1 aliphatic rings. The number of hydrogen-bond donors (Lipinski definition) is 1. The van der Waals surface area contributed by atoms with Crippen molar-refractivity contribution in [2.24, 2.45) is 11.3 Å². The van der Waals surface area contributed by atoms with Gasteiger partial charge in [-0.25, -0.2) is 4.39 Å². The molecule has 0 radical (unpaired) electrons. The van der Waals surface area contributed by atoms with E-state index < -0.39 is 0 Å². The molecule has 3 heteroatoms. The fourth-order valence-electron chi connectivity index (χ4n) is 2.42. The summed E-state index contributed by atoms with van der Waals surface area (Å²) in [6.45, 7) is 6.43. The number of halogens is 1. The number of rotatable bonds is 2. The maximum absolute atomic E-state index is 12.9. The molecular weight excluding hydrogens is 217 g/mol. The molecule has 0 aliphatic carbocycles. The third-order valence-electron chi connectivity index (χ3n) is 3.98. The topological polar surface area (TPSA) is 23.5 Å². The van der Waals surface area contributed by atoms with Crippen LogP contribution in [0.25, 0.3) is 0 Å². The Morgan fingerprint density at radius 3 is 2.59 bits per heavy atom. The summed E-state index contributed by atoms with van der Waals surface area (Å²) >= 11 is 0. The Balaban J connectivity index is 2.12.